The smallest absolute Gasteiger partial charge is 0.123 e. The maximum Gasteiger partial charge on any atom is 0.123 e. The molecule has 3 heteroatoms. The van der Waals surface area contributed by atoms with Crippen LogP contribution in [0, 0.1) is 5.82 Å². The molecule has 0 aliphatic carbocycles. The van der Waals surface area contributed by atoms with Gasteiger partial charge in [-0.15, -0.1) is 0 Å². The van der Waals surface area contributed by atoms with E-state index in [9.17, 15) is 4.39 Å². The molecule has 15 heavy (non-hydrogen) atoms. The summed E-state index contributed by atoms with van der Waals surface area (Å²) in [6.07, 6.45) is 1.86. The van der Waals surface area contributed by atoms with Crippen LogP contribution in [-0.4, -0.2) is 11.5 Å². The van der Waals surface area contributed by atoms with E-state index < -0.39 is 0 Å². The van der Waals surface area contributed by atoms with Crippen molar-refractivity contribution in [3.63, 3.8) is 0 Å². The number of hydrogen-bond acceptors (Lipinski definition) is 1. The highest BCUT2D eigenvalue weighted by molar-refractivity contribution is 5.29. The van der Waals surface area contributed by atoms with E-state index in [2.05, 4.69) is 4.98 Å². The van der Waals surface area contributed by atoms with E-state index in [4.69, 9.17) is 5.73 Å². The minimum atomic E-state index is -0.221. The van der Waals surface area contributed by atoms with Crippen molar-refractivity contribution in [3.05, 3.63) is 59.7 Å². The summed E-state index contributed by atoms with van der Waals surface area (Å²) >= 11 is 0. The van der Waals surface area contributed by atoms with Gasteiger partial charge in [0.05, 0.1) is 0 Å². The molecule has 78 valence electrons. The lowest BCUT2D eigenvalue weighted by Gasteiger charge is -2.13. The van der Waals surface area contributed by atoms with Crippen molar-refractivity contribution in [1.82, 2.24) is 4.98 Å². The molecule has 1 aromatic carbocycles. The van der Waals surface area contributed by atoms with Gasteiger partial charge < -0.3 is 10.7 Å². The largest absolute Gasteiger partial charge is 0.364 e. The number of aromatic amines is 1. The molecule has 0 aliphatic rings. The Morgan fingerprint density at radius 3 is 2.47 bits per heavy atom. The van der Waals surface area contributed by atoms with Crippen LogP contribution in [-0.2, 0) is 0 Å². The van der Waals surface area contributed by atoms with Crippen molar-refractivity contribution in [1.29, 1.82) is 0 Å². The van der Waals surface area contributed by atoms with Gasteiger partial charge in [-0.2, -0.15) is 0 Å². The Kier molecular flexibility index (Phi) is 2.83. The van der Waals surface area contributed by atoms with Gasteiger partial charge in [0.25, 0.3) is 0 Å². The van der Waals surface area contributed by atoms with Gasteiger partial charge in [-0.3, -0.25) is 0 Å². The molecule has 1 unspecified atom stereocenters. The number of aromatic nitrogens is 1. The molecular weight excluding hydrogens is 191 g/mol. The molecular formula is C12H13FN2. The number of nitrogens with two attached hydrogens (primary N) is 1. The summed E-state index contributed by atoms with van der Waals surface area (Å²) < 4.78 is 12.8. The van der Waals surface area contributed by atoms with Gasteiger partial charge in [0, 0.05) is 24.4 Å². The van der Waals surface area contributed by atoms with Crippen molar-refractivity contribution >= 4 is 0 Å². The lowest BCUT2D eigenvalue weighted by Crippen LogP contribution is -2.14. The highest BCUT2D eigenvalue weighted by atomic mass is 19.1. The van der Waals surface area contributed by atoms with E-state index in [-0.39, 0.29) is 11.7 Å². The molecule has 1 atom stereocenters. The average molecular weight is 204 g/mol. The SMILES string of the molecule is NCC(c1ccc(F)cc1)c1ccc[nH]1. The number of halogens is 1. The molecule has 2 aromatic rings. The van der Waals surface area contributed by atoms with Crippen LogP contribution in [0.5, 0.6) is 0 Å². The predicted octanol–water partition coefficient (Wildman–Crippen LogP) is 2.24. The quantitative estimate of drug-likeness (QED) is 0.791. The van der Waals surface area contributed by atoms with E-state index in [0.29, 0.717) is 6.54 Å². The lowest BCUT2D eigenvalue weighted by atomic mass is 9.96. The molecule has 0 bridgehead atoms. The second-order valence-electron chi connectivity index (χ2n) is 3.47. The first-order valence-electron chi connectivity index (χ1n) is 4.90. The van der Waals surface area contributed by atoms with Crippen LogP contribution >= 0.6 is 0 Å². The summed E-state index contributed by atoms with van der Waals surface area (Å²) in [7, 11) is 0. The molecule has 0 amide bonds. The molecule has 1 heterocycles. The fourth-order valence-corrected chi connectivity index (χ4v) is 1.70. The molecule has 2 nitrogen and oxygen atoms in total. The van der Waals surface area contributed by atoms with Gasteiger partial charge in [0.15, 0.2) is 0 Å². The molecule has 0 saturated carbocycles. The van der Waals surface area contributed by atoms with Crippen molar-refractivity contribution in [3.8, 4) is 0 Å². The van der Waals surface area contributed by atoms with Gasteiger partial charge in [-0.05, 0) is 29.8 Å². The molecule has 3 N–H and O–H groups in total. The van der Waals surface area contributed by atoms with Crippen LogP contribution in [0.1, 0.15) is 17.2 Å². The molecule has 0 aliphatic heterocycles. The Morgan fingerprint density at radius 1 is 1.20 bits per heavy atom. The lowest BCUT2D eigenvalue weighted by molar-refractivity contribution is 0.626. The fraction of sp³-hybridized carbons (Fsp3) is 0.167. The monoisotopic (exact) mass is 204 g/mol. The summed E-state index contributed by atoms with van der Waals surface area (Å²) in [4.78, 5) is 3.13. The third-order valence-electron chi connectivity index (χ3n) is 2.51. The van der Waals surface area contributed by atoms with Gasteiger partial charge in [-0.25, -0.2) is 4.39 Å². The number of rotatable bonds is 3. The summed E-state index contributed by atoms with van der Waals surface area (Å²) in [6.45, 7) is 0.506. The zero-order valence-electron chi connectivity index (χ0n) is 8.28. The molecule has 0 fully saturated rings. The topological polar surface area (TPSA) is 41.8 Å². The van der Waals surface area contributed by atoms with Crippen LogP contribution in [0.15, 0.2) is 42.6 Å². The highest BCUT2D eigenvalue weighted by Crippen LogP contribution is 2.22. The normalized spacial score (nSPS) is 12.7. The second kappa shape index (κ2) is 4.28. The van der Waals surface area contributed by atoms with Crippen LogP contribution in [0.3, 0.4) is 0 Å². The Morgan fingerprint density at radius 2 is 1.93 bits per heavy atom. The van der Waals surface area contributed by atoms with Crippen LogP contribution in [0.25, 0.3) is 0 Å². The maximum absolute atomic E-state index is 12.8. The van der Waals surface area contributed by atoms with Crippen LogP contribution < -0.4 is 5.73 Å². The van der Waals surface area contributed by atoms with Crippen molar-refractivity contribution in [2.45, 2.75) is 5.92 Å². The Labute approximate surface area is 87.9 Å². The number of H-pyrrole nitrogens is 1. The zero-order valence-corrected chi connectivity index (χ0v) is 8.28. The minimum absolute atomic E-state index is 0.112. The number of benzene rings is 1. The predicted molar refractivity (Wildman–Crippen MR) is 58.1 cm³/mol. The Balaban J connectivity index is 2.31. The highest BCUT2D eigenvalue weighted by Gasteiger charge is 2.12. The molecule has 0 saturated heterocycles. The Bertz CT molecular complexity index is 406. The summed E-state index contributed by atoms with van der Waals surface area (Å²) in [5, 5.41) is 0. The van der Waals surface area contributed by atoms with E-state index >= 15 is 0 Å². The molecule has 0 spiro atoms. The van der Waals surface area contributed by atoms with Crippen molar-refractivity contribution < 1.29 is 4.39 Å². The number of hydrogen-bond donors (Lipinski definition) is 2. The first kappa shape index (κ1) is 9.93. The third-order valence-corrected chi connectivity index (χ3v) is 2.51. The maximum atomic E-state index is 12.8. The minimum Gasteiger partial charge on any atom is -0.364 e. The molecule has 1 aromatic heterocycles. The summed E-state index contributed by atoms with van der Waals surface area (Å²) in [5.41, 5.74) is 7.81. The van der Waals surface area contributed by atoms with Gasteiger partial charge >= 0.3 is 0 Å². The van der Waals surface area contributed by atoms with Gasteiger partial charge in [-0.1, -0.05) is 12.1 Å². The fourth-order valence-electron chi connectivity index (χ4n) is 1.70. The summed E-state index contributed by atoms with van der Waals surface area (Å²) in [6, 6.07) is 10.4. The number of nitrogens with one attached hydrogen (secondary N) is 1. The second-order valence-corrected chi connectivity index (χ2v) is 3.47. The Hall–Kier alpha value is -1.61. The first-order chi connectivity index (χ1) is 7.31. The van der Waals surface area contributed by atoms with E-state index in [1.807, 2.05) is 18.3 Å². The van der Waals surface area contributed by atoms with E-state index in [1.54, 1.807) is 12.1 Å². The van der Waals surface area contributed by atoms with Crippen molar-refractivity contribution in [2.75, 3.05) is 6.54 Å². The molecule has 2 rings (SSSR count). The summed E-state index contributed by atoms with van der Waals surface area (Å²) in [5.74, 6) is -0.110. The molecule has 0 radical (unpaired) electrons. The third kappa shape index (κ3) is 2.07. The average Bonchev–Trinajstić information content (AvgIpc) is 2.75. The van der Waals surface area contributed by atoms with Gasteiger partial charge in [0.2, 0.25) is 0 Å². The van der Waals surface area contributed by atoms with Crippen LogP contribution in [0.2, 0.25) is 0 Å². The van der Waals surface area contributed by atoms with E-state index in [0.717, 1.165) is 11.3 Å². The zero-order chi connectivity index (χ0) is 10.7. The van der Waals surface area contributed by atoms with Crippen LogP contribution in [0.4, 0.5) is 4.39 Å². The standard InChI is InChI=1S/C12H13FN2/c13-10-5-3-9(4-6-10)11(8-14)12-2-1-7-15-12/h1-7,11,15H,8,14H2. The van der Waals surface area contributed by atoms with E-state index in [1.165, 1.54) is 12.1 Å². The first-order valence-corrected chi connectivity index (χ1v) is 4.90. The van der Waals surface area contributed by atoms with Crippen molar-refractivity contribution in [2.24, 2.45) is 5.73 Å². The van der Waals surface area contributed by atoms with Gasteiger partial charge in [0.1, 0.15) is 5.82 Å².